The van der Waals surface area contributed by atoms with Crippen LogP contribution < -0.4 is 5.32 Å². The number of nitrogens with zero attached hydrogens (tertiary/aromatic N) is 3. The molecule has 0 aliphatic heterocycles. The molecule has 0 unspecified atom stereocenters. The third-order valence-electron chi connectivity index (χ3n) is 4.39. The van der Waals surface area contributed by atoms with Crippen molar-refractivity contribution < 1.29 is 14.7 Å². The Morgan fingerprint density at radius 3 is 2.79 bits per heavy atom. The van der Waals surface area contributed by atoms with Crippen molar-refractivity contribution >= 4 is 11.9 Å². The van der Waals surface area contributed by atoms with E-state index >= 15 is 0 Å². The van der Waals surface area contributed by atoms with E-state index < -0.39 is 11.9 Å². The molecule has 2 heterocycles. The molecule has 1 amide bonds. The van der Waals surface area contributed by atoms with E-state index in [-0.39, 0.29) is 17.6 Å². The summed E-state index contributed by atoms with van der Waals surface area (Å²) in [6.45, 7) is 0. The van der Waals surface area contributed by atoms with Crippen LogP contribution in [0.5, 0.6) is 0 Å². The van der Waals surface area contributed by atoms with Crippen LogP contribution in [0.15, 0.2) is 36.8 Å². The zero-order valence-corrected chi connectivity index (χ0v) is 13.3. The molecule has 3 rings (SSSR count). The molecule has 0 radical (unpaired) electrons. The summed E-state index contributed by atoms with van der Waals surface area (Å²) < 4.78 is 1.64. The van der Waals surface area contributed by atoms with E-state index in [1.54, 1.807) is 41.5 Å². The Kier molecular flexibility index (Phi) is 4.88. The molecule has 0 aromatic carbocycles. The highest BCUT2D eigenvalue weighted by molar-refractivity contribution is 5.93. The smallest absolute Gasteiger partial charge is 0.308 e. The summed E-state index contributed by atoms with van der Waals surface area (Å²) in [6.07, 6.45) is 9.08. The van der Waals surface area contributed by atoms with Gasteiger partial charge in [0.1, 0.15) is 5.69 Å². The van der Waals surface area contributed by atoms with Crippen LogP contribution in [0.4, 0.5) is 0 Å². The Labute approximate surface area is 139 Å². The van der Waals surface area contributed by atoms with Gasteiger partial charge in [0, 0.05) is 24.6 Å². The van der Waals surface area contributed by atoms with Crippen LogP contribution in [0.3, 0.4) is 0 Å². The molecular formula is C17H20N4O3. The number of hydrogen-bond donors (Lipinski definition) is 2. The number of nitrogens with one attached hydrogen (secondary N) is 1. The summed E-state index contributed by atoms with van der Waals surface area (Å²) in [6, 6.07) is 4.85. The molecule has 1 aliphatic rings. The van der Waals surface area contributed by atoms with Gasteiger partial charge in [-0.2, -0.15) is 5.10 Å². The highest BCUT2D eigenvalue weighted by Crippen LogP contribution is 2.24. The van der Waals surface area contributed by atoms with E-state index in [1.165, 1.54) is 0 Å². The molecule has 0 spiro atoms. The molecule has 2 atom stereocenters. The molecule has 24 heavy (non-hydrogen) atoms. The van der Waals surface area contributed by atoms with E-state index in [0.29, 0.717) is 12.8 Å². The number of amides is 1. The van der Waals surface area contributed by atoms with Gasteiger partial charge in [0.2, 0.25) is 0 Å². The predicted octanol–water partition coefficient (Wildman–Crippen LogP) is 2.03. The minimum atomic E-state index is -0.847. The molecular weight excluding hydrogens is 308 g/mol. The van der Waals surface area contributed by atoms with Gasteiger partial charge in [-0.15, -0.1) is 0 Å². The molecule has 126 valence electrons. The molecule has 7 heteroatoms. The Morgan fingerprint density at radius 1 is 1.21 bits per heavy atom. The lowest BCUT2D eigenvalue weighted by atomic mass is 9.95. The minimum absolute atomic E-state index is 0.261. The molecule has 2 aromatic rings. The molecule has 7 nitrogen and oxygen atoms in total. The van der Waals surface area contributed by atoms with Gasteiger partial charge >= 0.3 is 5.97 Å². The first-order valence-electron chi connectivity index (χ1n) is 8.15. The Balaban J connectivity index is 1.76. The maximum Gasteiger partial charge on any atom is 0.308 e. The van der Waals surface area contributed by atoms with Crippen LogP contribution >= 0.6 is 0 Å². The zero-order valence-electron chi connectivity index (χ0n) is 13.3. The summed E-state index contributed by atoms with van der Waals surface area (Å²) in [5.41, 5.74) is 0.993. The standard InChI is InChI=1S/C17H20N4O3/c22-16(20-14-6-3-1-2-5-13(14)17(23)24)15-11-12(7-9-18-15)21-10-4-8-19-21/h4,7-11,13-14H,1-3,5-6H2,(H,20,22)(H,23,24)/t13-,14+/m1/s1. The number of hydrogen-bond acceptors (Lipinski definition) is 4. The van der Waals surface area contributed by atoms with Crippen molar-refractivity contribution in [2.24, 2.45) is 5.92 Å². The van der Waals surface area contributed by atoms with Crippen LogP contribution in [0.2, 0.25) is 0 Å². The van der Waals surface area contributed by atoms with Crippen molar-refractivity contribution in [3.05, 3.63) is 42.5 Å². The summed E-state index contributed by atoms with van der Waals surface area (Å²) in [7, 11) is 0. The normalized spacial score (nSPS) is 21.0. The third-order valence-corrected chi connectivity index (χ3v) is 4.39. The summed E-state index contributed by atoms with van der Waals surface area (Å²) in [5.74, 6) is -1.73. The van der Waals surface area contributed by atoms with Crippen molar-refractivity contribution in [3.63, 3.8) is 0 Å². The van der Waals surface area contributed by atoms with Gasteiger partial charge in [-0.3, -0.25) is 14.6 Å². The van der Waals surface area contributed by atoms with E-state index in [4.69, 9.17) is 0 Å². The van der Waals surface area contributed by atoms with Crippen LogP contribution in [0, 0.1) is 5.92 Å². The fourth-order valence-electron chi connectivity index (χ4n) is 3.13. The Morgan fingerprint density at radius 2 is 2.04 bits per heavy atom. The average molecular weight is 328 g/mol. The molecule has 1 aliphatic carbocycles. The molecule has 1 fully saturated rings. The fourth-order valence-corrected chi connectivity index (χ4v) is 3.13. The van der Waals surface area contributed by atoms with Gasteiger partial charge in [0.25, 0.3) is 5.91 Å². The van der Waals surface area contributed by atoms with E-state index in [9.17, 15) is 14.7 Å². The summed E-state index contributed by atoms with van der Waals surface area (Å²) >= 11 is 0. The number of carboxylic acids is 1. The van der Waals surface area contributed by atoms with Gasteiger partial charge in [-0.1, -0.05) is 19.3 Å². The van der Waals surface area contributed by atoms with Crippen LogP contribution in [0.25, 0.3) is 5.69 Å². The number of aliphatic carboxylic acids is 1. The second kappa shape index (κ2) is 7.25. The second-order valence-electron chi connectivity index (χ2n) is 6.01. The summed E-state index contributed by atoms with van der Waals surface area (Å²) in [5, 5.41) is 16.4. The topological polar surface area (TPSA) is 97.1 Å². The Bertz CT molecular complexity index is 714. The Hall–Kier alpha value is -2.70. The average Bonchev–Trinajstić information content (AvgIpc) is 3.02. The number of pyridine rings is 1. The zero-order chi connectivity index (χ0) is 16.9. The van der Waals surface area contributed by atoms with Crippen molar-refractivity contribution in [1.82, 2.24) is 20.1 Å². The first-order chi connectivity index (χ1) is 11.6. The fraction of sp³-hybridized carbons (Fsp3) is 0.412. The predicted molar refractivity (Wildman–Crippen MR) is 86.8 cm³/mol. The van der Waals surface area contributed by atoms with Crippen molar-refractivity contribution in [3.8, 4) is 5.69 Å². The van der Waals surface area contributed by atoms with Crippen molar-refractivity contribution in [2.45, 2.75) is 38.1 Å². The lowest BCUT2D eigenvalue weighted by molar-refractivity contribution is -0.142. The number of carboxylic acid groups (broad SMARTS) is 1. The molecule has 0 bridgehead atoms. The van der Waals surface area contributed by atoms with E-state index in [2.05, 4.69) is 15.4 Å². The number of aromatic nitrogens is 3. The maximum absolute atomic E-state index is 12.5. The lowest BCUT2D eigenvalue weighted by Gasteiger charge is -2.22. The third kappa shape index (κ3) is 3.61. The van der Waals surface area contributed by atoms with Crippen LogP contribution in [-0.4, -0.2) is 37.8 Å². The quantitative estimate of drug-likeness (QED) is 0.837. The molecule has 2 aromatic heterocycles. The van der Waals surface area contributed by atoms with Gasteiger partial charge in [0.05, 0.1) is 11.6 Å². The van der Waals surface area contributed by atoms with Crippen molar-refractivity contribution in [2.75, 3.05) is 0 Å². The lowest BCUT2D eigenvalue weighted by Crippen LogP contribution is -2.43. The van der Waals surface area contributed by atoms with Gasteiger partial charge in [0.15, 0.2) is 0 Å². The monoisotopic (exact) mass is 328 g/mol. The first kappa shape index (κ1) is 16.2. The van der Waals surface area contributed by atoms with Gasteiger partial charge < -0.3 is 10.4 Å². The second-order valence-corrected chi connectivity index (χ2v) is 6.01. The molecule has 2 N–H and O–H groups in total. The first-order valence-corrected chi connectivity index (χ1v) is 8.15. The van der Waals surface area contributed by atoms with Crippen molar-refractivity contribution in [1.29, 1.82) is 0 Å². The van der Waals surface area contributed by atoms with Gasteiger partial charge in [-0.25, -0.2) is 4.68 Å². The highest BCUT2D eigenvalue weighted by Gasteiger charge is 2.31. The van der Waals surface area contributed by atoms with Gasteiger partial charge in [-0.05, 0) is 31.0 Å². The van der Waals surface area contributed by atoms with Crippen LogP contribution in [-0.2, 0) is 4.79 Å². The summed E-state index contributed by atoms with van der Waals surface area (Å²) in [4.78, 5) is 28.1. The largest absolute Gasteiger partial charge is 0.481 e. The minimum Gasteiger partial charge on any atom is -0.481 e. The molecule has 0 saturated heterocycles. The maximum atomic E-state index is 12.5. The van der Waals surface area contributed by atoms with E-state index in [1.807, 2.05) is 0 Å². The molecule has 1 saturated carbocycles. The SMILES string of the molecule is O=C(N[C@H]1CCCCC[C@H]1C(=O)O)c1cc(-n2cccn2)ccn1. The van der Waals surface area contributed by atoms with E-state index in [0.717, 1.165) is 24.9 Å². The highest BCUT2D eigenvalue weighted by atomic mass is 16.4. The van der Waals surface area contributed by atoms with Crippen LogP contribution in [0.1, 0.15) is 42.6 Å². The number of carbonyl (C=O) groups is 2. The number of carbonyl (C=O) groups excluding carboxylic acids is 1. The number of rotatable bonds is 4.